The molecule has 0 aliphatic carbocycles. The number of hydrogen-bond donors (Lipinski definition) is 0. The van der Waals surface area contributed by atoms with E-state index in [9.17, 15) is 14.4 Å². The molecule has 8 nitrogen and oxygen atoms in total. The van der Waals surface area contributed by atoms with Crippen LogP contribution in [-0.2, 0) is 26.4 Å². The van der Waals surface area contributed by atoms with Crippen molar-refractivity contribution < 1.29 is 33.4 Å². The van der Waals surface area contributed by atoms with E-state index >= 15 is 4.79 Å². The largest absolute Gasteiger partial charge is 0.457 e. The van der Waals surface area contributed by atoms with Crippen molar-refractivity contribution in [1.29, 1.82) is 0 Å². The van der Waals surface area contributed by atoms with E-state index in [0.29, 0.717) is 83.8 Å². The Balaban J connectivity index is 1.41. The van der Waals surface area contributed by atoms with E-state index in [-0.39, 0.29) is 50.5 Å². The summed E-state index contributed by atoms with van der Waals surface area (Å²) in [6, 6.07) is 23.5. The van der Waals surface area contributed by atoms with Crippen molar-refractivity contribution in [2.24, 2.45) is 5.92 Å². The van der Waals surface area contributed by atoms with Crippen molar-refractivity contribution in [2.45, 2.75) is 144 Å². The van der Waals surface area contributed by atoms with Crippen LogP contribution in [0.15, 0.2) is 72.8 Å². The molecule has 0 radical (unpaired) electrons. The third-order valence-corrected chi connectivity index (χ3v) is 14.3. The van der Waals surface area contributed by atoms with Crippen LogP contribution >= 0.6 is 0 Å². The number of imide groups is 1. The summed E-state index contributed by atoms with van der Waals surface area (Å²) in [7, 11) is 0. The Kier molecular flexibility index (Phi) is 11.1. The summed E-state index contributed by atoms with van der Waals surface area (Å²) >= 11 is 0. The van der Waals surface area contributed by atoms with Crippen LogP contribution in [0.5, 0.6) is 23.0 Å². The lowest BCUT2D eigenvalue weighted by atomic mass is 9.80. The van der Waals surface area contributed by atoms with Crippen molar-refractivity contribution in [3.8, 4) is 23.0 Å². The number of fused-ring (bicyclic) bond motifs is 2. The highest BCUT2D eigenvalue weighted by molar-refractivity contribution is 6.42. The molecule has 7 aromatic carbocycles. The average molecular weight is 912 g/mol. The summed E-state index contributed by atoms with van der Waals surface area (Å²) in [5, 5.41) is 4.95. The smallest absolute Gasteiger partial charge is 0.346 e. The molecule has 2 amide bonds. The Morgan fingerprint density at radius 1 is 0.485 bits per heavy atom. The molecule has 2 aliphatic rings. The van der Waals surface area contributed by atoms with Gasteiger partial charge in [-0.25, -0.2) is 9.59 Å². The topological polar surface area (TPSA) is 99.2 Å². The van der Waals surface area contributed by atoms with Crippen LogP contribution in [0.4, 0.5) is 0 Å². The Hall–Kier alpha value is -6.28. The first-order chi connectivity index (χ1) is 31.8. The molecular weight excluding hydrogens is 847 g/mol. The molecule has 0 fully saturated rings. The minimum absolute atomic E-state index is 0.153. The van der Waals surface area contributed by atoms with Crippen molar-refractivity contribution in [2.75, 3.05) is 6.54 Å². The highest BCUT2D eigenvalue weighted by Gasteiger charge is 2.39. The number of amides is 2. The van der Waals surface area contributed by atoms with Crippen LogP contribution < -0.4 is 9.47 Å². The van der Waals surface area contributed by atoms with Crippen molar-refractivity contribution >= 4 is 66.8 Å². The number of unbranched alkanes of at least 4 members (excludes halogenated alkanes) is 1. The molecule has 68 heavy (non-hydrogen) atoms. The predicted octanol–water partition coefficient (Wildman–Crippen LogP) is 15.6. The normalized spacial score (nSPS) is 15.1. The molecule has 0 bridgehead atoms. The first-order valence-corrected chi connectivity index (χ1v) is 24.4. The average Bonchev–Trinajstić information content (AvgIpc) is 3.25. The molecule has 1 unspecified atom stereocenters. The number of esters is 2. The lowest BCUT2D eigenvalue weighted by molar-refractivity contribution is 0.0389. The third-order valence-electron chi connectivity index (χ3n) is 14.3. The molecule has 0 saturated heterocycles. The van der Waals surface area contributed by atoms with E-state index in [4.69, 9.17) is 14.2 Å². The molecule has 8 heteroatoms. The highest BCUT2D eigenvalue weighted by Crippen LogP contribution is 2.53. The van der Waals surface area contributed by atoms with Gasteiger partial charge in [0, 0.05) is 44.4 Å². The monoisotopic (exact) mass is 911 g/mol. The number of ether oxygens (including phenoxy) is 3. The van der Waals surface area contributed by atoms with Crippen molar-refractivity contribution in [3.05, 3.63) is 117 Å². The van der Waals surface area contributed by atoms with E-state index in [0.717, 1.165) is 47.9 Å². The maximum absolute atomic E-state index is 15.2. The van der Waals surface area contributed by atoms with E-state index in [1.807, 2.05) is 36.4 Å². The molecule has 0 aromatic heterocycles. The summed E-state index contributed by atoms with van der Waals surface area (Å²) < 4.78 is 19.7. The number of carbonyl (C=O) groups excluding carboxylic acids is 4. The molecule has 0 N–H and O–H groups in total. The van der Waals surface area contributed by atoms with Crippen LogP contribution in [0.3, 0.4) is 0 Å². The molecule has 9 rings (SSSR count). The first kappa shape index (κ1) is 46.8. The zero-order chi connectivity index (χ0) is 49.2. The molecule has 2 aliphatic heterocycles. The van der Waals surface area contributed by atoms with Gasteiger partial charge in [0.2, 0.25) is 0 Å². The minimum Gasteiger partial charge on any atom is -0.457 e. The van der Waals surface area contributed by atoms with Gasteiger partial charge in [-0.2, -0.15) is 0 Å². The Labute approximate surface area is 400 Å². The molecule has 0 saturated carbocycles. The molecule has 0 spiro atoms. The van der Waals surface area contributed by atoms with Gasteiger partial charge >= 0.3 is 11.9 Å². The van der Waals surface area contributed by atoms with Gasteiger partial charge < -0.3 is 14.2 Å². The van der Waals surface area contributed by atoms with Gasteiger partial charge in [0.05, 0.1) is 16.7 Å². The number of hydrogen-bond acceptors (Lipinski definition) is 7. The van der Waals surface area contributed by atoms with Gasteiger partial charge in [0.1, 0.15) is 23.0 Å². The van der Waals surface area contributed by atoms with Gasteiger partial charge in [-0.1, -0.05) is 140 Å². The number of carbonyl (C=O) groups is 4. The van der Waals surface area contributed by atoms with Gasteiger partial charge in [0.15, 0.2) is 0 Å². The van der Waals surface area contributed by atoms with Crippen molar-refractivity contribution in [1.82, 2.24) is 4.90 Å². The zero-order valence-electron chi connectivity index (χ0n) is 42.3. The summed E-state index contributed by atoms with van der Waals surface area (Å²) in [4.78, 5) is 59.0. The maximum atomic E-state index is 15.2. The number of nitrogens with zero attached hydrogens (tertiary/aromatic N) is 1. The summed E-state index contributed by atoms with van der Waals surface area (Å²) in [6.45, 7) is 30.7. The van der Waals surface area contributed by atoms with Crippen molar-refractivity contribution in [3.63, 3.8) is 0 Å². The third kappa shape index (κ3) is 7.87. The number of rotatable bonds is 10. The van der Waals surface area contributed by atoms with Crippen LogP contribution in [0, 0.1) is 5.92 Å². The minimum atomic E-state index is -0.767. The molecular formula is C60H65NO7. The van der Waals surface area contributed by atoms with Crippen LogP contribution in [0.2, 0.25) is 0 Å². The highest BCUT2D eigenvalue weighted by atomic mass is 16.6. The second-order valence-electron chi connectivity index (χ2n) is 23.4. The van der Waals surface area contributed by atoms with Gasteiger partial charge in [0.25, 0.3) is 11.8 Å². The molecule has 352 valence electrons. The zero-order valence-corrected chi connectivity index (χ0v) is 42.3. The first-order valence-electron chi connectivity index (χ1n) is 24.4. The number of cyclic esters (lactones) is 2. The van der Waals surface area contributed by atoms with Gasteiger partial charge in [-0.05, 0) is 116 Å². The van der Waals surface area contributed by atoms with Crippen LogP contribution in [-0.4, -0.2) is 35.2 Å². The predicted molar refractivity (Wildman–Crippen MR) is 274 cm³/mol. The SMILES string of the molecule is CCCCC(CC)CN1C(=O)c2ccc3c4c(Oc5cc(C(C)(C)C)cc(C(C)(C)C)c5)cc5c6c(ccc(c7c(Oc8cc(C(C)(C)C)cc(C(C)(C)C)c8)cc(c2c37)C1=O)c64)C(=O)OC5=O. The van der Waals surface area contributed by atoms with Gasteiger partial charge in [-0.15, -0.1) is 0 Å². The fourth-order valence-electron chi connectivity index (χ4n) is 10.1. The fourth-order valence-corrected chi connectivity index (χ4v) is 10.1. The maximum Gasteiger partial charge on any atom is 0.346 e. The van der Waals surface area contributed by atoms with E-state index in [1.165, 1.54) is 4.90 Å². The number of benzene rings is 7. The molecule has 2 heterocycles. The quantitative estimate of drug-likeness (QED) is 0.0443. The van der Waals surface area contributed by atoms with E-state index in [1.54, 1.807) is 12.1 Å². The summed E-state index contributed by atoms with van der Waals surface area (Å²) in [5.74, 6) is -0.0478. The second-order valence-corrected chi connectivity index (χ2v) is 23.4. The Bertz CT molecular complexity index is 3210. The standard InChI is InChI=1S/C60H65NO7/c1-15-17-18-32(16-2)31-61-53(62)41-21-19-39-50-46(67-38-27-35(59(9,10)11)24-36(28-38)60(12,13)14)30-44-48-42(55(64)68-56(44)65)22-20-40(52(48)50)49-45(29-43(54(61)63)47(41)51(39)49)66-37-25-33(57(3,4)5)23-34(26-37)58(6,7)8/h19-30,32H,15-18,31H2,1-14H3. The summed E-state index contributed by atoms with van der Waals surface area (Å²) in [6.07, 6.45) is 3.79. The molecule has 1 atom stereocenters. The van der Waals surface area contributed by atoms with Crippen LogP contribution in [0.1, 0.15) is 186 Å². The van der Waals surface area contributed by atoms with Crippen LogP contribution in [0.25, 0.3) is 43.1 Å². The van der Waals surface area contributed by atoms with Gasteiger partial charge in [-0.3, -0.25) is 14.5 Å². The molecule has 7 aromatic rings. The van der Waals surface area contributed by atoms with E-state index < -0.39 is 11.9 Å². The second kappa shape index (κ2) is 16.2. The van der Waals surface area contributed by atoms with E-state index in [2.05, 4.69) is 121 Å². The Morgan fingerprint density at radius 2 is 0.897 bits per heavy atom. The summed E-state index contributed by atoms with van der Waals surface area (Å²) in [5.41, 5.74) is 4.79. The lowest BCUT2D eigenvalue weighted by Gasteiger charge is -2.32. The Morgan fingerprint density at radius 3 is 1.34 bits per heavy atom. The lowest BCUT2D eigenvalue weighted by Crippen LogP contribution is -2.43. The fraction of sp³-hybridized carbons (Fsp3) is 0.400.